The van der Waals surface area contributed by atoms with E-state index in [0.717, 1.165) is 0 Å². The van der Waals surface area contributed by atoms with Crippen LogP contribution in [-0.4, -0.2) is 0 Å². The average molecular weight is 207 g/mol. The van der Waals surface area contributed by atoms with Crippen molar-refractivity contribution < 1.29 is 0 Å². The molecule has 0 saturated carbocycles. The van der Waals surface area contributed by atoms with Crippen LogP contribution in [0.4, 0.5) is 0 Å². The fourth-order valence-corrected chi connectivity index (χ4v) is 2.57. The van der Waals surface area contributed by atoms with Crippen molar-refractivity contribution in [2.75, 3.05) is 0 Å². The SMILES string of the molecule is [CH]1CCc2ccccc2C1c1ccccc1. The Morgan fingerprint density at radius 3 is 2.44 bits per heavy atom. The highest BCUT2D eigenvalue weighted by Gasteiger charge is 2.20. The van der Waals surface area contributed by atoms with Gasteiger partial charge in [-0.15, -0.1) is 0 Å². The van der Waals surface area contributed by atoms with Gasteiger partial charge in [-0.05, 0) is 36.0 Å². The molecule has 1 atom stereocenters. The monoisotopic (exact) mass is 207 g/mol. The molecule has 0 aliphatic heterocycles. The highest BCUT2D eigenvalue weighted by Crippen LogP contribution is 2.35. The largest absolute Gasteiger partial charge is 0.0622 e. The summed E-state index contributed by atoms with van der Waals surface area (Å²) in [4.78, 5) is 0. The second-order valence-corrected chi connectivity index (χ2v) is 4.36. The summed E-state index contributed by atoms with van der Waals surface area (Å²) in [7, 11) is 0. The smallest absolute Gasteiger partial charge is 0.0123 e. The molecule has 1 aliphatic carbocycles. The van der Waals surface area contributed by atoms with Crippen LogP contribution in [0.15, 0.2) is 54.6 Å². The Bertz CT molecular complexity index is 470. The van der Waals surface area contributed by atoms with Gasteiger partial charge in [0, 0.05) is 5.92 Å². The van der Waals surface area contributed by atoms with Crippen molar-refractivity contribution in [3.63, 3.8) is 0 Å². The van der Waals surface area contributed by atoms with E-state index in [9.17, 15) is 0 Å². The quantitative estimate of drug-likeness (QED) is 0.663. The minimum atomic E-state index is 0.492. The predicted molar refractivity (Wildman–Crippen MR) is 67.3 cm³/mol. The highest BCUT2D eigenvalue weighted by molar-refractivity contribution is 5.42. The zero-order chi connectivity index (χ0) is 10.8. The van der Waals surface area contributed by atoms with Crippen LogP contribution < -0.4 is 0 Å². The molecule has 1 unspecified atom stereocenters. The van der Waals surface area contributed by atoms with E-state index in [0.29, 0.717) is 5.92 Å². The lowest BCUT2D eigenvalue weighted by atomic mass is 9.79. The molecule has 0 N–H and O–H groups in total. The van der Waals surface area contributed by atoms with Gasteiger partial charge in [0.2, 0.25) is 0 Å². The second-order valence-electron chi connectivity index (χ2n) is 4.36. The second kappa shape index (κ2) is 4.13. The lowest BCUT2D eigenvalue weighted by Gasteiger charge is -2.25. The molecule has 2 aromatic rings. The van der Waals surface area contributed by atoms with Gasteiger partial charge in [0.15, 0.2) is 0 Å². The van der Waals surface area contributed by atoms with Crippen molar-refractivity contribution in [3.8, 4) is 0 Å². The van der Waals surface area contributed by atoms with Gasteiger partial charge in [-0.3, -0.25) is 0 Å². The molecule has 0 heteroatoms. The molecule has 1 radical (unpaired) electrons. The van der Waals surface area contributed by atoms with Crippen molar-refractivity contribution in [3.05, 3.63) is 77.7 Å². The predicted octanol–water partition coefficient (Wildman–Crippen LogP) is 3.97. The van der Waals surface area contributed by atoms with E-state index in [1.165, 1.54) is 29.5 Å². The molecule has 0 nitrogen and oxygen atoms in total. The summed E-state index contributed by atoms with van der Waals surface area (Å²) >= 11 is 0. The molecule has 0 fully saturated rings. The third kappa shape index (κ3) is 1.65. The number of fused-ring (bicyclic) bond motifs is 1. The molecule has 79 valence electrons. The molecule has 0 bridgehead atoms. The number of hydrogen-bond donors (Lipinski definition) is 0. The van der Waals surface area contributed by atoms with Crippen LogP contribution in [0.1, 0.15) is 29.0 Å². The van der Waals surface area contributed by atoms with Gasteiger partial charge in [0.25, 0.3) is 0 Å². The van der Waals surface area contributed by atoms with E-state index in [1.54, 1.807) is 0 Å². The fourth-order valence-electron chi connectivity index (χ4n) is 2.57. The standard InChI is InChI=1S/C16H15/c1-2-7-13(8-3-1)16-12-6-10-14-9-4-5-11-15(14)16/h1-5,7-9,11-12,16H,6,10H2. The maximum atomic E-state index is 2.44. The first-order valence-corrected chi connectivity index (χ1v) is 5.91. The molecule has 3 rings (SSSR count). The molecular weight excluding hydrogens is 192 g/mol. The van der Waals surface area contributed by atoms with Crippen LogP contribution in [0.25, 0.3) is 0 Å². The van der Waals surface area contributed by atoms with E-state index in [-0.39, 0.29) is 0 Å². The van der Waals surface area contributed by atoms with Gasteiger partial charge < -0.3 is 0 Å². The van der Waals surface area contributed by atoms with Gasteiger partial charge in [0.05, 0.1) is 0 Å². The van der Waals surface area contributed by atoms with Crippen LogP contribution >= 0.6 is 0 Å². The van der Waals surface area contributed by atoms with Crippen LogP contribution in [0.2, 0.25) is 0 Å². The summed E-state index contributed by atoms with van der Waals surface area (Å²) in [6, 6.07) is 19.6. The molecule has 0 aromatic heterocycles. The zero-order valence-corrected chi connectivity index (χ0v) is 9.27. The van der Waals surface area contributed by atoms with Crippen LogP contribution in [0.3, 0.4) is 0 Å². The third-order valence-electron chi connectivity index (χ3n) is 3.36. The normalized spacial score (nSPS) is 19.1. The topological polar surface area (TPSA) is 0 Å². The Labute approximate surface area is 96.9 Å². The van der Waals surface area contributed by atoms with Crippen molar-refractivity contribution in [2.24, 2.45) is 0 Å². The van der Waals surface area contributed by atoms with Gasteiger partial charge in [-0.25, -0.2) is 0 Å². The Hall–Kier alpha value is -1.56. The third-order valence-corrected chi connectivity index (χ3v) is 3.36. The molecule has 2 aromatic carbocycles. The summed E-state index contributed by atoms with van der Waals surface area (Å²) in [6.07, 6.45) is 4.83. The van der Waals surface area contributed by atoms with Crippen molar-refractivity contribution in [2.45, 2.75) is 18.8 Å². The van der Waals surface area contributed by atoms with Gasteiger partial charge >= 0.3 is 0 Å². The van der Waals surface area contributed by atoms with E-state index in [4.69, 9.17) is 0 Å². The zero-order valence-electron chi connectivity index (χ0n) is 9.27. The maximum Gasteiger partial charge on any atom is 0.0123 e. The van der Waals surface area contributed by atoms with Gasteiger partial charge in [-0.2, -0.15) is 0 Å². The first-order valence-electron chi connectivity index (χ1n) is 5.91. The molecule has 0 spiro atoms. The van der Waals surface area contributed by atoms with E-state index in [2.05, 4.69) is 61.0 Å². The van der Waals surface area contributed by atoms with Crippen LogP contribution in [0, 0.1) is 6.42 Å². The van der Waals surface area contributed by atoms with Crippen LogP contribution in [-0.2, 0) is 6.42 Å². The Morgan fingerprint density at radius 2 is 1.56 bits per heavy atom. The van der Waals surface area contributed by atoms with Crippen molar-refractivity contribution in [1.29, 1.82) is 0 Å². The number of hydrogen-bond acceptors (Lipinski definition) is 0. The van der Waals surface area contributed by atoms with Gasteiger partial charge in [-0.1, -0.05) is 54.6 Å². The molecule has 0 saturated heterocycles. The first-order chi connectivity index (χ1) is 7.95. The lowest BCUT2D eigenvalue weighted by Crippen LogP contribution is -2.11. The summed E-state index contributed by atoms with van der Waals surface area (Å²) in [5, 5.41) is 0. The molecule has 0 amide bonds. The van der Waals surface area contributed by atoms with Gasteiger partial charge in [0.1, 0.15) is 0 Å². The Balaban J connectivity index is 2.05. The van der Waals surface area contributed by atoms with Crippen LogP contribution in [0.5, 0.6) is 0 Å². The first kappa shape index (κ1) is 9.65. The molecule has 1 aliphatic rings. The summed E-state index contributed by atoms with van der Waals surface area (Å²) < 4.78 is 0. The fraction of sp³-hybridized carbons (Fsp3) is 0.188. The van der Waals surface area contributed by atoms with Crippen molar-refractivity contribution in [1.82, 2.24) is 0 Å². The molecule has 16 heavy (non-hydrogen) atoms. The number of aryl methyl sites for hydroxylation is 1. The summed E-state index contributed by atoms with van der Waals surface area (Å²) in [6.45, 7) is 0. The number of rotatable bonds is 1. The maximum absolute atomic E-state index is 2.44. The van der Waals surface area contributed by atoms with E-state index in [1.807, 2.05) is 0 Å². The molecule has 0 heterocycles. The van der Waals surface area contributed by atoms with Crippen molar-refractivity contribution >= 4 is 0 Å². The minimum absolute atomic E-state index is 0.492. The Kier molecular flexibility index (Phi) is 2.49. The highest BCUT2D eigenvalue weighted by atomic mass is 14.2. The summed E-state index contributed by atoms with van der Waals surface area (Å²) in [5.41, 5.74) is 4.41. The number of benzene rings is 2. The molecular formula is C16H15. The minimum Gasteiger partial charge on any atom is -0.0622 e. The van der Waals surface area contributed by atoms with E-state index < -0.39 is 0 Å². The lowest BCUT2D eigenvalue weighted by molar-refractivity contribution is 0.757. The van der Waals surface area contributed by atoms with E-state index >= 15 is 0 Å². The Morgan fingerprint density at radius 1 is 0.812 bits per heavy atom. The summed E-state index contributed by atoms with van der Waals surface area (Å²) in [5.74, 6) is 0.492. The average Bonchev–Trinajstić information content (AvgIpc) is 2.39.